The molecule has 1 saturated heterocycles. The Kier molecular flexibility index (Phi) is 3.37. The minimum Gasteiger partial charge on any atom is -0.444 e. The monoisotopic (exact) mass is 200 g/mol. The molecule has 1 aliphatic heterocycles. The van der Waals surface area contributed by atoms with E-state index in [2.05, 4.69) is 5.32 Å². The molecule has 0 aromatic rings. The topological polar surface area (TPSA) is 41.6 Å². The highest BCUT2D eigenvalue weighted by Crippen LogP contribution is 2.13. The second-order valence-corrected chi connectivity index (χ2v) is 4.70. The third-order valence-electron chi connectivity index (χ3n) is 2.18. The van der Waals surface area contributed by atoms with Crippen molar-refractivity contribution in [2.24, 2.45) is 0 Å². The van der Waals surface area contributed by atoms with Gasteiger partial charge in [-0.15, -0.1) is 0 Å². The van der Waals surface area contributed by atoms with E-state index in [1.807, 2.05) is 20.8 Å². The fourth-order valence-corrected chi connectivity index (χ4v) is 1.46. The summed E-state index contributed by atoms with van der Waals surface area (Å²) in [4.78, 5) is 13.2. The number of carbonyl (C=O) groups is 1. The van der Waals surface area contributed by atoms with E-state index in [0.717, 1.165) is 19.4 Å². The third kappa shape index (κ3) is 3.18. The average molecular weight is 200 g/mol. The van der Waals surface area contributed by atoms with Crippen molar-refractivity contribution in [3.8, 4) is 0 Å². The summed E-state index contributed by atoms with van der Waals surface area (Å²) in [7, 11) is 1.77. The molecule has 0 spiro atoms. The van der Waals surface area contributed by atoms with Gasteiger partial charge in [-0.25, -0.2) is 4.79 Å². The largest absolute Gasteiger partial charge is 0.444 e. The maximum Gasteiger partial charge on any atom is 0.411 e. The molecule has 1 heterocycles. The van der Waals surface area contributed by atoms with Crippen molar-refractivity contribution in [3.63, 3.8) is 0 Å². The van der Waals surface area contributed by atoms with Crippen LogP contribution < -0.4 is 5.32 Å². The van der Waals surface area contributed by atoms with Gasteiger partial charge >= 0.3 is 6.09 Å². The first-order chi connectivity index (χ1) is 6.40. The molecule has 1 unspecified atom stereocenters. The molecule has 0 aromatic carbocycles. The van der Waals surface area contributed by atoms with Gasteiger partial charge < -0.3 is 4.74 Å². The minimum absolute atomic E-state index is 0.143. The van der Waals surface area contributed by atoms with Crippen LogP contribution in [0, 0.1) is 0 Å². The second-order valence-electron chi connectivity index (χ2n) is 4.70. The fourth-order valence-electron chi connectivity index (χ4n) is 1.46. The fraction of sp³-hybridized carbons (Fsp3) is 0.900. The molecule has 0 aliphatic carbocycles. The SMILES string of the molecule is CN(C(=O)OC(C)(C)C)C1CCCN1. The number of nitrogens with one attached hydrogen (secondary N) is 1. The first-order valence-electron chi connectivity index (χ1n) is 5.09. The molecular weight excluding hydrogens is 180 g/mol. The number of amides is 1. The number of hydrogen-bond donors (Lipinski definition) is 1. The molecule has 1 aliphatic rings. The second kappa shape index (κ2) is 4.17. The molecule has 82 valence electrons. The first kappa shape index (κ1) is 11.3. The Balaban J connectivity index is 2.43. The van der Waals surface area contributed by atoms with Crippen molar-refractivity contribution in [2.75, 3.05) is 13.6 Å². The highest BCUT2D eigenvalue weighted by Gasteiger charge is 2.26. The normalized spacial score (nSPS) is 22.1. The highest BCUT2D eigenvalue weighted by molar-refractivity contribution is 5.68. The number of carbonyl (C=O) groups excluding carboxylic acids is 1. The average Bonchev–Trinajstić information content (AvgIpc) is 2.51. The summed E-state index contributed by atoms with van der Waals surface area (Å²) in [6, 6.07) is 0. The van der Waals surface area contributed by atoms with Crippen LogP contribution in [0.1, 0.15) is 33.6 Å². The molecule has 1 fully saturated rings. The molecule has 0 aromatic heterocycles. The summed E-state index contributed by atoms with van der Waals surface area (Å²) in [6.45, 7) is 6.61. The molecular formula is C10H20N2O2. The van der Waals surface area contributed by atoms with E-state index in [1.54, 1.807) is 11.9 Å². The zero-order chi connectivity index (χ0) is 10.8. The predicted octanol–water partition coefficient (Wildman–Crippen LogP) is 1.56. The Hall–Kier alpha value is -0.770. The van der Waals surface area contributed by atoms with E-state index in [-0.39, 0.29) is 12.3 Å². The van der Waals surface area contributed by atoms with E-state index in [4.69, 9.17) is 4.74 Å². The van der Waals surface area contributed by atoms with Gasteiger partial charge in [-0.1, -0.05) is 0 Å². The smallest absolute Gasteiger partial charge is 0.411 e. The van der Waals surface area contributed by atoms with Crippen LogP contribution in [0.3, 0.4) is 0 Å². The van der Waals surface area contributed by atoms with Crippen LogP contribution in [0.4, 0.5) is 4.79 Å². The van der Waals surface area contributed by atoms with E-state index in [0.29, 0.717) is 0 Å². The quantitative estimate of drug-likeness (QED) is 0.698. The van der Waals surface area contributed by atoms with Crippen LogP contribution in [0.5, 0.6) is 0 Å². The first-order valence-corrected chi connectivity index (χ1v) is 5.09. The summed E-state index contributed by atoms with van der Waals surface area (Å²) in [5.74, 6) is 0. The molecule has 1 rings (SSSR count). The van der Waals surface area contributed by atoms with Crippen LogP contribution in [-0.4, -0.2) is 36.4 Å². The van der Waals surface area contributed by atoms with Gasteiger partial charge in [0.2, 0.25) is 0 Å². The van der Waals surface area contributed by atoms with E-state index < -0.39 is 5.60 Å². The zero-order valence-corrected chi connectivity index (χ0v) is 9.46. The molecule has 1 N–H and O–H groups in total. The molecule has 0 saturated carbocycles. The predicted molar refractivity (Wildman–Crippen MR) is 55.0 cm³/mol. The Bertz CT molecular complexity index is 205. The van der Waals surface area contributed by atoms with Crippen LogP contribution in [0.25, 0.3) is 0 Å². The molecule has 1 atom stereocenters. The molecule has 14 heavy (non-hydrogen) atoms. The van der Waals surface area contributed by atoms with Crippen molar-refractivity contribution >= 4 is 6.09 Å². The summed E-state index contributed by atoms with van der Waals surface area (Å²) < 4.78 is 5.26. The van der Waals surface area contributed by atoms with Crippen LogP contribution in [0.2, 0.25) is 0 Å². The van der Waals surface area contributed by atoms with Gasteiger partial charge in [-0.05, 0) is 40.2 Å². The van der Waals surface area contributed by atoms with Gasteiger partial charge in [0, 0.05) is 7.05 Å². The standard InChI is InChI=1S/C10H20N2O2/c1-10(2,3)14-9(13)12(4)8-6-5-7-11-8/h8,11H,5-7H2,1-4H3. The number of nitrogens with zero attached hydrogens (tertiary/aromatic N) is 1. The summed E-state index contributed by atoms with van der Waals surface area (Å²) >= 11 is 0. The maximum atomic E-state index is 11.6. The summed E-state index contributed by atoms with van der Waals surface area (Å²) in [5.41, 5.74) is -0.413. The number of hydrogen-bond acceptors (Lipinski definition) is 3. The van der Waals surface area contributed by atoms with Gasteiger partial charge in [0.05, 0.1) is 6.17 Å². The van der Waals surface area contributed by atoms with Gasteiger partial charge in [0.15, 0.2) is 0 Å². The Morgan fingerprint density at radius 2 is 2.14 bits per heavy atom. The Morgan fingerprint density at radius 3 is 2.57 bits per heavy atom. The zero-order valence-electron chi connectivity index (χ0n) is 9.46. The van der Waals surface area contributed by atoms with Gasteiger partial charge in [-0.3, -0.25) is 10.2 Å². The lowest BCUT2D eigenvalue weighted by atomic mass is 10.2. The maximum absolute atomic E-state index is 11.6. The van der Waals surface area contributed by atoms with E-state index in [1.165, 1.54) is 0 Å². The Morgan fingerprint density at radius 1 is 1.50 bits per heavy atom. The molecule has 0 bridgehead atoms. The van der Waals surface area contributed by atoms with Crippen molar-refractivity contribution in [2.45, 2.75) is 45.4 Å². The molecule has 0 radical (unpaired) electrons. The third-order valence-corrected chi connectivity index (χ3v) is 2.18. The Labute approximate surface area is 85.6 Å². The van der Waals surface area contributed by atoms with E-state index in [9.17, 15) is 4.79 Å². The van der Waals surface area contributed by atoms with Crippen molar-refractivity contribution < 1.29 is 9.53 Å². The lowest BCUT2D eigenvalue weighted by molar-refractivity contribution is 0.0209. The molecule has 4 heteroatoms. The molecule has 4 nitrogen and oxygen atoms in total. The van der Waals surface area contributed by atoms with E-state index >= 15 is 0 Å². The van der Waals surface area contributed by atoms with Gasteiger partial charge in [0.1, 0.15) is 5.60 Å². The van der Waals surface area contributed by atoms with Crippen molar-refractivity contribution in [3.05, 3.63) is 0 Å². The lowest BCUT2D eigenvalue weighted by Gasteiger charge is -2.28. The highest BCUT2D eigenvalue weighted by atomic mass is 16.6. The minimum atomic E-state index is -0.413. The number of ether oxygens (including phenoxy) is 1. The number of rotatable bonds is 1. The van der Waals surface area contributed by atoms with Crippen molar-refractivity contribution in [1.29, 1.82) is 0 Å². The van der Waals surface area contributed by atoms with Crippen LogP contribution in [0.15, 0.2) is 0 Å². The van der Waals surface area contributed by atoms with Crippen LogP contribution >= 0.6 is 0 Å². The van der Waals surface area contributed by atoms with Crippen molar-refractivity contribution in [1.82, 2.24) is 10.2 Å². The molecule has 1 amide bonds. The van der Waals surface area contributed by atoms with Crippen LogP contribution in [-0.2, 0) is 4.74 Å². The lowest BCUT2D eigenvalue weighted by Crippen LogP contribution is -2.45. The van der Waals surface area contributed by atoms with Gasteiger partial charge in [0.25, 0.3) is 0 Å². The summed E-state index contributed by atoms with van der Waals surface area (Å²) in [6.07, 6.45) is 2.02. The van der Waals surface area contributed by atoms with Gasteiger partial charge in [-0.2, -0.15) is 0 Å². The summed E-state index contributed by atoms with van der Waals surface area (Å²) in [5, 5.41) is 3.25.